The summed E-state index contributed by atoms with van der Waals surface area (Å²) in [6, 6.07) is 14.8. The van der Waals surface area contributed by atoms with Gasteiger partial charge in [0.05, 0.1) is 28.6 Å². The number of hydrogen-bond donors (Lipinski definition) is 1. The molecule has 0 radical (unpaired) electrons. The summed E-state index contributed by atoms with van der Waals surface area (Å²) in [4.78, 5) is 12.6. The number of amides is 1. The van der Waals surface area contributed by atoms with Crippen LogP contribution in [0, 0.1) is 0 Å². The third-order valence-electron chi connectivity index (χ3n) is 4.16. The van der Waals surface area contributed by atoms with Crippen molar-refractivity contribution in [2.45, 2.75) is 30.8 Å². The Bertz CT molecular complexity index is 976. The van der Waals surface area contributed by atoms with Crippen LogP contribution in [0.2, 0.25) is 5.02 Å². The highest BCUT2D eigenvalue weighted by molar-refractivity contribution is 8.00. The number of halogens is 1. The molecule has 0 bridgehead atoms. The van der Waals surface area contributed by atoms with Crippen LogP contribution in [0.25, 0.3) is 11.4 Å². The van der Waals surface area contributed by atoms with Crippen LogP contribution in [0.4, 0.5) is 5.69 Å². The first-order chi connectivity index (χ1) is 13.5. The van der Waals surface area contributed by atoms with E-state index in [0.29, 0.717) is 28.2 Å². The van der Waals surface area contributed by atoms with E-state index in [-0.39, 0.29) is 11.2 Å². The Labute approximate surface area is 173 Å². The van der Waals surface area contributed by atoms with Crippen LogP contribution in [-0.4, -0.2) is 33.0 Å². The molecule has 0 saturated heterocycles. The molecule has 8 heteroatoms. The second-order valence-corrected chi connectivity index (χ2v) is 7.70. The number of rotatable bonds is 7. The second kappa shape index (κ2) is 9.12. The van der Waals surface area contributed by atoms with Gasteiger partial charge in [-0.25, -0.2) is 0 Å². The first-order valence-corrected chi connectivity index (χ1v) is 10.1. The van der Waals surface area contributed by atoms with Gasteiger partial charge in [0.15, 0.2) is 11.0 Å². The molecule has 1 N–H and O–H groups in total. The molecule has 1 aromatic heterocycles. The highest BCUT2D eigenvalue weighted by atomic mass is 35.5. The Morgan fingerprint density at radius 3 is 2.64 bits per heavy atom. The minimum atomic E-state index is -0.378. The van der Waals surface area contributed by atoms with Gasteiger partial charge in [-0.05, 0) is 38.1 Å². The number of thioether (sulfide) groups is 1. The van der Waals surface area contributed by atoms with Crippen LogP contribution in [0.15, 0.2) is 53.7 Å². The first kappa shape index (κ1) is 20.2. The zero-order valence-corrected chi connectivity index (χ0v) is 17.4. The van der Waals surface area contributed by atoms with Gasteiger partial charge in [-0.15, -0.1) is 10.2 Å². The number of ether oxygens (including phenoxy) is 1. The minimum Gasteiger partial charge on any atom is -0.496 e. The molecule has 0 spiro atoms. The molecule has 3 rings (SSSR count). The predicted molar refractivity (Wildman–Crippen MR) is 113 cm³/mol. The van der Waals surface area contributed by atoms with Crippen LogP contribution in [0.1, 0.15) is 13.8 Å². The van der Waals surface area contributed by atoms with Crippen molar-refractivity contribution in [1.29, 1.82) is 0 Å². The van der Waals surface area contributed by atoms with E-state index in [4.69, 9.17) is 16.3 Å². The van der Waals surface area contributed by atoms with Gasteiger partial charge in [0.2, 0.25) is 5.91 Å². The van der Waals surface area contributed by atoms with E-state index >= 15 is 0 Å². The molecule has 0 aliphatic heterocycles. The van der Waals surface area contributed by atoms with Crippen LogP contribution < -0.4 is 10.1 Å². The van der Waals surface area contributed by atoms with Crippen LogP contribution in [0.5, 0.6) is 5.75 Å². The van der Waals surface area contributed by atoms with Gasteiger partial charge in [0, 0.05) is 6.54 Å². The molecule has 1 atom stereocenters. The Balaban J connectivity index is 1.80. The molecule has 0 aliphatic carbocycles. The Kier molecular flexibility index (Phi) is 6.59. The minimum absolute atomic E-state index is 0.150. The summed E-state index contributed by atoms with van der Waals surface area (Å²) in [5.74, 6) is 1.29. The number of methoxy groups -OCH3 is 1. The van der Waals surface area contributed by atoms with Gasteiger partial charge < -0.3 is 14.6 Å². The number of benzene rings is 2. The van der Waals surface area contributed by atoms with E-state index in [1.165, 1.54) is 11.8 Å². The van der Waals surface area contributed by atoms with E-state index in [0.717, 1.165) is 11.3 Å². The van der Waals surface area contributed by atoms with Gasteiger partial charge in [0.25, 0.3) is 0 Å². The predicted octanol–water partition coefficient (Wildman–Crippen LogP) is 4.75. The van der Waals surface area contributed by atoms with Crippen molar-refractivity contribution in [2.24, 2.45) is 0 Å². The molecule has 6 nitrogen and oxygen atoms in total. The normalized spacial score (nSPS) is 11.9. The van der Waals surface area contributed by atoms with Crippen LogP contribution >= 0.6 is 23.4 Å². The van der Waals surface area contributed by atoms with Crippen molar-refractivity contribution in [3.8, 4) is 17.1 Å². The molecule has 0 saturated carbocycles. The van der Waals surface area contributed by atoms with Crippen LogP contribution in [0.3, 0.4) is 0 Å². The molecular weight excluding hydrogens is 396 g/mol. The van der Waals surface area contributed by atoms with Gasteiger partial charge in [0.1, 0.15) is 5.75 Å². The van der Waals surface area contributed by atoms with Gasteiger partial charge in [-0.2, -0.15) is 0 Å². The molecule has 2 aromatic carbocycles. The molecule has 3 aromatic rings. The lowest BCUT2D eigenvalue weighted by Crippen LogP contribution is -2.23. The molecule has 1 unspecified atom stereocenters. The average Bonchev–Trinajstić information content (AvgIpc) is 3.11. The third-order valence-corrected chi connectivity index (χ3v) is 5.57. The maximum absolute atomic E-state index is 12.6. The summed E-state index contributed by atoms with van der Waals surface area (Å²) in [5, 5.41) is 12.3. The van der Waals surface area contributed by atoms with E-state index in [1.54, 1.807) is 19.2 Å². The number of nitrogens with zero attached hydrogens (tertiary/aromatic N) is 3. The maximum atomic E-state index is 12.6. The number of anilines is 1. The van der Waals surface area contributed by atoms with Gasteiger partial charge in [-0.3, -0.25) is 4.79 Å². The summed E-state index contributed by atoms with van der Waals surface area (Å²) in [5.41, 5.74) is 1.45. The third kappa shape index (κ3) is 4.31. The number of carbonyl (C=O) groups excluding carboxylic acids is 1. The highest BCUT2D eigenvalue weighted by Crippen LogP contribution is 2.32. The molecular formula is C20H21ClN4O2S. The lowest BCUT2D eigenvalue weighted by molar-refractivity contribution is -0.115. The quantitative estimate of drug-likeness (QED) is 0.563. The van der Waals surface area contributed by atoms with E-state index in [1.807, 2.05) is 54.8 Å². The van der Waals surface area contributed by atoms with Crippen LogP contribution in [-0.2, 0) is 11.3 Å². The van der Waals surface area contributed by atoms with Gasteiger partial charge >= 0.3 is 0 Å². The van der Waals surface area contributed by atoms with Crippen molar-refractivity contribution in [1.82, 2.24) is 14.8 Å². The lowest BCUT2D eigenvalue weighted by Gasteiger charge is -2.14. The van der Waals surface area contributed by atoms with Crippen molar-refractivity contribution in [3.63, 3.8) is 0 Å². The monoisotopic (exact) mass is 416 g/mol. The van der Waals surface area contributed by atoms with E-state index < -0.39 is 0 Å². The van der Waals surface area contributed by atoms with Crippen molar-refractivity contribution < 1.29 is 9.53 Å². The number of hydrogen-bond acceptors (Lipinski definition) is 5. The Morgan fingerprint density at radius 2 is 1.93 bits per heavy atom. The topological polar surface area (TPSA) is 69.0 Å². The fourth-order valence-corrected chi connectivity index (χ4v) is 3.79. The second-order valence-electron chi connectivity index (χ2n) is 5.98. The fourth-order valence-electron chi connectivity index (χ4n) is 2.70. The fraction of sp³-hybridized carbons (Fsp3) is 0.250. The van der Waals surface area contributed by atoms with Crippen molar-refractivity contribution >= 4 is 35.0 Å². The number of nitrogens with one attached hydrogen (secondary N) is 1. The Morgan fingerprint density at radius 1 is 1.21 bits per heavy atom. The number of para-hydroxylation sites is 2. The average molecular weight is 417 g/mol. The molecule has 146 valence electrons. The first-order valence-electron chi connectivity index (χ1n) is 8.83. The number of aromatic nitrogens is 3. The molecule has 0 fully saturated rings. The maximum Gasteiger partial charge on any atom is 0.237 e. The molecule has 1 heterocycles. The van der Waals surface area contributed by atoms with Gasteiger partial charge in [-0.1, -0.05) is 47.6 Å². The molecule has 1 amide bonds. The lowest BCUT2D eigenvalue weighted by atomic mass is 10.2. The SMILES string of the molecule is CCn1c(SC(C)C(=O)Nc2ccccc2Cl)nnc1-c1ccccc1OC. The van der Waals surface area contributed by atoms with Crippen molar-refractivity contribution in [3.05, 3.63) is 53.6 Å². The molecule has 28 heavy (non-hydrogen) atoms. The highest BCUT2D eigenvalue weighted by Gasteiger charge is 2.22. The summed E-state index contributed by atoms with van der Waals surface area (Å²) >= 11 is 7.47. The molecule has 0 aliphatic rings. The summed E-state index contributed by atoms with van der Waals surface area (Å²) in [6.45, 7) is 4.51. The largest absolute Gasteiger partial charge is 0.496 e. The Hall–Kier alpha value is -2.51. The summed E-state index contributed by atoms with van der Waals surface area (Å²) in [6.07, 6.45) is 0. The standard InChI is InChI=1S/C20H21ClN4O2S/c1-4-25-18(14-9-5-8-12-17(14)27-3)23-24-20(25)28-13(2)19(26)22-16-11-7-6-10-15(16)21/h5-13H,4H2,1-3H3,(H,22,26). The summed E-state index contributed by atoms with van der Waals surface area (Å²) < 4.78 is 7.41. The van der Waals surface area contributed by atoms with Crippen molar-refractivity contribution in [2.75, 3.05) is 12.4 Å². The summed E-state index contributed by atoms with van der Waals surface area (Å²) in [7, 11) is 1.63. The smallest absolute Gasteiger partial charge is 0.237 e. The number of carbonyl (C=O) groups is 1. The van der Waals surface area contributed by atoms with E-state index in [2.05, 4.69) is 15.5 Å². The zero-order chi connectivity index (χ0) is 20.1. The zero-order valence-electron chi connectivity index (χ0n) is 15.8. The van der Waals surface area contributed by atoms with E-state index in [9.17, 15) is 4.79 Å².